The highest BCUT2D eigenvalue weighted by Gasteiger charge is 2.52. The Hall–Kier alpha value is -2.94. The third-order valence-corrected chi connectivity index (χ3v) is 4.38. The van der Waals surface area contributed by atoms with Crippen LogP contribution < -0.4 is 5.32 Å². The fourth-order valence-corrected chi connectivity index (χ4v) is 2.98. The van der Waals surface area contributed by atoms with Crippen molar-refractivity contribution in [3.8, 4) is 0 Å². The molecule has 0 radical (unpaired) electrons. The van der Waals surface area contributed by atoms with Crippen molar-refractivity contribution in [2.45, 2.75) is 38.0 Å². The summed E-state index contributed by atoms with van der Waals surface area (Å²) in [6.45, 7) is 6.38. The van der Waals surface area contributed by atoms with Crippen LogP contribution in [0.5, 0.6) is 0 Å². The maximum atomic E-state index is 12.5. The van der Waals surface area contributed by atoms with E-state index in [-0.39, 0.29) is 12.3 Å². The second-order valence-corrected chi connectivity index (χ2v) is 6.52. The van der Waals surface area contributed by atoms with Crippen molar-refractivity contribution in [2.24, 2.45) is 0 Å². The smallest absolute Gasteiger partial charge is 0.333 e. The minimum absolute atomic E-state index is 0.0786. The van der Waals surface area contributed by atoms with Gasteiger partial charge >= 0.3 is 5.97 Å². The van der Waals surface area contributed by atoms with Crippen LogP contribution in [0.25, 0.3) is 0 Å². The maximum Gasteiger partial charge on any atom is 0.333 e. The Bertz CT molecular complexity index is 794. The van der Waals surface area contributed by atoms with E-state index in [2.05, 4.69) is 11.9 Å². The van der Waals surface area contributed by atoms with Crippen molar-refractivity contribution >= 4 is 35.1 Å². The number of benzene rings is 1. The number of nitro benzene ring substituents is 1. The van der Waals surface area contributed by atoms with Crippen LogP contribution in [-0.2, 0) is 25.7 Å². The number of nitro groups is 1. The summed E-state index contributed by atoms with van der Waals surface area (Å²) in [4.78, 5) is 47.0. The van der Waals surface area contributed by atoms with Gasteiger partial charge in [0.05, 0.1) is 4.92 Å². The van der Waals surface area contributed by atoms with Crippen molar-refractivity contribution < 1.29 is 24.0 Å². The highest BCUT2D eigenvalue weighted by Crippen LogP contribution is 2.29. The number of nitrogens with one attached hydrogen (secondary N) is 1. The predicted octanol–water partition coefficient (Wildman–Crippen LogP) is 1.49. The van der Waals surface area contributed by atoms with Crippen molar-refractivity contribution in [3.63, 3.8) is 0 Å². The number of halogens is 1. The number of β-lactam (4-membered cyclic amide) rings is 1. The number of alkyl halides is 1. The van der Waals surface area contributed by atoms with Gasteiger partial charge in [-0.25, -0.2) is 4.79 Å². The molecule has 10 heteroatoms. The van der Waals surface area contributed by atoms with Crippen LogP contribution in [0.4, 0.5) is 5.69 Å². The van der Waals surface area contributed by atoms with E-state index in [1.807, 2.05) is 0 Å². The third kappa shape index (κ3) is 4.43. The molecule has 0 aromatic heterocycles. The van der Waals surface area contributed by atoms with E-state index in [1.165, 1.54) is 31.2 Å². The van der Waals surface area contributed by atoms with Crippen molar-refractivity contribution in [3.05, 3.63) is 52.1 Å². The highest BCUT2D eigenvalue weighted by atomic mass is 35.5. The van der Waals surface area contributed by atoms with E-state index in [9.17, 15) is 24.5 Å². The number of esters is 1. The number of rotatable bonds is 7. The number of ether oxygens (including phenoxy) is 1. The summed E-state index contributed by atoms with van der Waals surface area (Å²) in [5.41, 5.74) is -0.0908. The lowest BCUT2D eigenvalue weighted by molar-refractivity contribution is -0.384. The van der Waals surface area contributed by atoms with Crippen LogP contribution in [0.3, 0.4) is 0 Å². The monoisotopic (exact) mass is 395 g/mol. The molecule has 0 spiro atoms. The predicted molar refractivity (Wildman–Crippen MR) is 95.6 cm³/mol. The lowest BCUT2D eigenvalue weighted by Crippen LogP contribution is -2.72. The molecule has 1 aromatic carbocycles. The summed E-state index contributed by atoms with van der Waals surface area (Å²) >= 11 is 6.14. The molecule has 9 nitrogen and oxygen atoms in total. The van der Waals surface area contributed by atoms with Gasteiger partial charge in [-0.15, -0.1) is 0 Å². The number of nitrogens with zero attached hydrogens (tertiary/aromatic N) is 2. The average Bonchev–Trinajstić information content (AvgIpc) is 2.61. The van der Waals surface area contributed by atoms with Gasteiger partial charge in [-0.3, -0.25) is 19.7 Å². The summed E-state index contributed by atoms with van der Waals surface area (Å²) in [5, 5.41) is 13.1. The topological polar surface area (TPSA) is 119 Å². The SMILES string of the molecule is C=C(C)C(C(=O)OCc1ccc([N+](=O)[O-])cc1)N1C(=O)C(NC(C)=O)C1Cl. The molecule has 0 aliphatic carbocycles. The van der Waals surface area contributed by atoms with Crippen molar-refractivity contribution in [2.75, 3.05) is 0 Å². The minimum Gasteiger partial charge on any atom is -0.459 e. The molecule has 2 rings (SSSR count). The summed E-state index contributed by atoms with van der Waals surface area (Å²) in [6.07, 6.45) is 0. The molecule has 1 heterocycles. The van der Waals surface area contributed by atoms with Gasteiger partial charge in [0.2, 0.25) is 5.91 Å². The Morgan fingerprint density at radius 2 is 1.96 bits per heavy atom. The molecule has 2 amide bonds. The van der Waals surface area contributed by atoms with E-state index in [1.54, 1.807) is 6.92 Å². The van der Waals surface area contributed by atoms with Crippen LogP contribution in [0.1, 0.15) is 19.4 Å². The van der Waals surface area contributed by atoms with Crippen LogP contribution in [-0.4, -0.2) is 45.2 Å². The highest BCUT2D eigenvalue weighted by molar-refractivity contribution is 6.27. The lowest BCUT2D eigenvalue weighted by atomic mass is 9.99. The van der Waals surface area contributed by atoms with Crippen LogP contribution >= 0.6 is 11.6 Å². The fourth-order valence-electron chi connectivity index (χ4n) is 2.60. The quantitative estimate of drug-likeness (QED) is 0.142. The molecule has 27 heavy (non-hydrogen) atoms. The Kier molecular flexibility index (Phi) is 6.17. The van der Waals surface area contributed by atoms with E-state index in [0.717, 1.165) is 4.90 Å². The number of hydrogen-bond acceptors (Lipinski definition) is 6. The average molecular weight is 396 g/mol. The molecule has 1 saturated heterocycles. The van der Waals surface area contributed by atoms with Gasteiger partial charge in [0, 0.05) is 19.1 Å². The van der Waals surface area contributed by atoms with Crippen molar-refractivity contribution in [1.29, 1.82) is 0 Å². The van der Waals surface area contributed by atoms with Crippen LogP contribution in [0.2, 0.25) is 0 Å². The van der Waals surface area contributed by atoms with Gasteiger partial charge in [0.15, 0.2) is 6.04 Å². The maximum absolute atomic E-state index is 12.5. The second-order valence-electron chi connectivity index (χ2n) is 6.08. The molecule has 1 fully saturated rings. The number of carbonyl (C=O) groups excluding carboxylic acids is 3. The summed E-state index contributed by atoms with van der Waals surface area (Å²) < 4.78 is 5.21. The first kappa shape index (κ1) is 20.4. The van der Waals surface area contributed by atoms with Gasteiger partial charge in [0.25, 0.3) is 11.6 Å². The Labute approximate surface area is 160 Å². The molecular formula is C17H18ClN3O6. The van der Waals surface area contributed by atoms with Crippen molar-refractivity contribution in [1.82, 2.24) is 10.2 Å². The fraction of sp³-hybridized carbons (Fsp3) is 0.353. The Morgan fingerprint density at radius 1 is 1.37 bits per heavy atom. The van der Waals surface area contributed by atoms with Gasteiger partial charge in [-0.1, -0.05) is 18.2 Å². The lowest BCUT2D eigenvalue weighted by Gasteiger charge is -2.46. The zero-order valence-corrected chi connectivity index (χ0v) is 15.4. The molecule has 3 atom stereocenters. The molecule has 1 N–H and O–H groups in total. The normalized spacial score (nSPS) is 19.7. The molecule has 144 valence electrons. The number of likely N-dealkylation sites (tertiary alicyclic amines) is 1. The summed E-state index contributed by atoms with van der Waals surface area (Å²) in [7, 11) is 0. The zero-order chi connectivity index (χ0) is 20.3. The number of non-ortho nitro benzene ring substituents is 1. The van der Waals surface area contributed by atoms with E-state index in [4.69, 9.17) is 16.3 Å². The number of carbonyl (C=O) groups is 3. The van der Waals surface area contributed by atoms with E-state index >= 15 is 0 Å². The molecule has 0 bridgehead atoms. The molecular weight excluding hydrogens is 378 g/mol. The first-order valence-corrected chi connectivity index (χ1v) is 8.36. The van der Waals surface area contributed by atoms with Gasteiger partial charge in [0.1, 0.15) is 18.1 Å². The molecule has 3 unspecified atom stereocenters. The summed E-state index contributed by atoms with van der Waals surface area (Å²) in [6, 6.07) is 3.52. The van der Waals surface area contributed by atoms with E-state index in [0.29, 0.717) is 11.1 Å². The zero-order valence-electron chi connectivity index (χ0n) is 14.7. The standard InChI is InChI=1S/C17H18ClN3O6/c1-9(2)14(20-15(18)13(16(20)23)19-10(3)22)17(24)27-8-11-4-6-12(7-5-11)21(25)26/h4-7,13-15H,1,8H2,2-3H3,(H,19,22). The molecule has 1 aliphatic heterocycles. The second kappa shape index (κ2) is 8.17. The van der Waals surface area contributed by atoms with E-state index < -0.39 is 40.3 Å². The number of hydrogen-bond donors (Lipinski definition) is 1. The van der Waals surface area contributed by atoms with Gasteiger partial charge < -0.3 is 15.0 Å². The Morgan fingerprint density at radius 3 is 2.41 bits per heavy atom. The van der Waals surface area contributed by atoms with Gasteiger partial charge in [-0.05, 0) is 30.2 Å². The van der Waals surface area contributed by atoms with Crippen LogP contribution in [0.15, 0.2) is 36.4 Å². The van der Waals surface area contributed by atoms with Crippen LogP contribution in [0, 0.1) is 10.1 Å². The van der Waals surface area contributed by atoms with Gasteiger partial charge in [-0.2, -0.15) is 0 Å². The molecule has 1 aliphatic rings. The first-order chi connectivity index (χ1) is 12.6. The largest absolute Gasteiger partial charge is 0.459 e. The Balaban J connectivity index is 2.03. The third-order valence-electron chi connectivity index (χ3n) is 3.92. The molecule has 1 aromatic rings. The summed E-state index contributed by atoms with van der Waals surface area (Å²) in [5.74, 6) is -1.65. The molecule has 0 saturated carbocycles. The minimum atomic E-state index is -1.09. The number of amides is 2. The first-order valence-electron chi connectivity index (χ1n) is 7.92.